The highest BCUT2D eigenvalue weighted by Gasteiger charge is 2.32. The fourth-order valence-electron chi connectivity index (χ4n) is 5.21. The highest BCUT2D eigenvalue weighted by molar-refractivity contribution is 6.05. The van der Waals surface area contributed by atoms with Gasteiger partial charge in [0.05, 0.1) is 30.5 Å². The predicted octanol–water partition coefficient (Wildman–Crippen LogP) is 2.85. The van der Waals surface area contributed by atoms with E-state index in [1.165, 1.54) is 12.3 Å². The summed E-state index contributed by atoms with van der Waals surface area (Å²) in [6, 6.07) is 10.7. The summed E-state index contributed by atoms with van der Waals surface area (Å²) in [5, 5.41) is 5.65. The van der Waals surface area contributed by atoms with E-state index in [9.17, 15) is 19.2 Å². The van der Waals surface area contributed by atoms with Crippen molar-refractivity contribution in [3.8, 4) is 5.75 Å². The van der Waals surface area contributed by atoms with Crippen LogP contribution in [-0.4, -0.2) is 67.7 Å². The molecular formula is C31H33N7O5. The Bertz CT molecular complexity index is 1760. The van der Waals surface area contributed by atoms with Crippen LogP contribution in [0.3, 0.4) is 0 Å². The van der Waals surface area contributed by atoms with E-state index in [1.54, 1.807) is 15.7 Å². The van der Waals surface area contributed by atoms with Gasteiger partial charge in [0.15, 0.2) is 22.9 Å². The van der Waals surface area contributed by atoms with Gasteiger partial charge >= 0.3 is 0 Å². The fourth-order valence-corrected chi connectivity index (χ4v) is 5.21. The van der Waals surface area contributed by atoms with Crippen LogP contribution in [0, 0.1) is 0 Å². The molecule has 0 atom stereocenters. The van der Waals surface area contributed by atoms with Gasteiger partial charge in [-0.25, -0.2) is 9.97 Å². The van der Waals surface area contributed by atoms with E-state index < -0.39 is 11.3 Å². The van der Waals surface area contributed by atoms with Gasteiger partial charge in [-0.15, -0.1) is 0 Å². The molecule has 4 aromatic rings. The molecule has 1 aromatic carbocycles. The zero-order valence-corrected chi connectivity index (χ0v) is 24.1. The zero-order valence-electron chi connectivity index (χ0n) is 24.1. The molecule has 1 saturated carbocycles. The Balaban J connectivity index is 1.15. The number of nitrogens with one attached hydrogen (secondary N) is 3. The number of aromatic nitrogens is 4. The number of ether oxygens (including phenoxy) is 1. The molecule has 43 heavy (non-hydrogen) atoms. The third-order valence-electron chi connectivity index (χ3n) is 7.70. The van der Waals surface area contributed by atoms with E-state index in [2.05, 4.69) is 25.6 Å². The van der Waals surface area contributed by atoms with E-state index >= 15 is 0 Å². The summed E-state index contributed by atoms with van der Waals surface area (Å²) < 4.78 is 7.61. The Morgan fingerprint density at radius 2 is 1.91 bits per heavy atom. The number of rotatable bonds is 11. The van der Waals surface area contributed by atoms with Crippen LogP contribution >= 0.6 is 0 Å². The summed E-state index contributed by atoms with van der Waals surface area (Å²) in [6.45, 7) is 4.43. The Hall–Kier alpha value is -5.00. The monoisotopic (exact) mass is 583 g/mol. The lowest BCUT2D eigenvalue weighted by Crippen LogP contribution is -2.46. The number of nitrogens with zero attached hydrogens (tertiary/aromatic N) is 4. The summed E-state index contributed by atoms with van der Waals surface area (Å²) in [4.78, 5) is 66.0. The van der Waals surface area contributed by atoms with Crippen molar-refractivity contribution in [2.75, 3.05) is 25.0 Å². The Morgan fingerprint density at radius 3 is 2.65 bits per heavy atom. The van der Waals surface area contributed by atoms with Gasteiger partial charge in [-0.1, -0.05) is 30.3 Å². The Labute approximate surface area is 247 Å². The molecule has 1 aliphatic carbocycles. The third-order valence-corrected chi connectivity index (χ3v) is 7.70. The number of anilines is 1. The number of H-pyrrole nitrogens is 1. The molecule has 3 N–H and O–H groups in total. The van der Waals surface area contributed by atoms with Crippen LogP contribution in [0.1, 0.15) is 64.7 Å². The quantitative estimate of drug-likeness (QED) is 0.244. The second-order valence-corrected chi connectivity index (χ2v) is 11.1. The van der Waals surface area contributed by atoms with Crippen molar-refractivity contribution in [3.63, 3.8) is 0 Å². The predicted molar refractivity (Wildman–Crippen MR) is 159 cm³/mol. The lowest BCUT2D eigenvalue weighted by molar-refractivity contribution is -0.116. The number of aromatic amines is 1. The first-order valence-electron chi connectivity index (χ1n) is 14.4. The molecule has 3 aromatic heterocycles. The standard InChI is InChI=1S/C31H33N7O5/c1-18(2)37-10-11-38-25(12-24(40)28(27(38)31(37)42)43-17-19-6-4-3-5-7-19)32-13-21(39)14-35-30(41)22-15-33-29-26(22)36-23(16-34-29)20-8-9-20/h3-7,12,15-16,18,20,32H,8-11,13-14,17H2,1-2H3,(H,33,34)(H,35,41). The van der Waals surface area contributed by atoms with Gasteiger partial charge in [0.2, 0.25) is 5.43 Å². The first-order valence-corrected chi connectivity index (χ1v) is 14.4. The van der Waals surface area contributed by atoms with Gasteiger partial charge in [-0.05, 0) is 32.3 Å². The average Bonchev–Trinajstić information content (AvgIpc) is 3.77. The van der Waals surface area contributed by atoms with Crippen molar-refractivity contribution >= 4 is 34.6 Å². The molecule has 0 unspecified atom stereocenters. The molecule has 6 rings (SSSR count). The minimum Gasteiger partial charge on any atom is -0.483 e. The van der Waals surface area contributed by atoms with Gasteiger partial charge in [0, 0.05) is 37.3 Å². The molecule has 1 aliphatic heterocycles. The van der Waals surface area contributed by atoms with Gasteiger partial charge in [-0.2, -0.15) is 0 Å². The third kappa shape index (κ3) is 5.85. The number of hydrogen-bond acceptors (Lipinski definition) is 8. The molecular weight excluding hydrogens is 550 g/mol. The largest absolute Gasteiger partial charge is 0.483 e. The number of carbonyl (C=O) groups is 3. The molecule has 0 spiro atoms. The lowest BCUT2D eigenvalue weighted by atomic mass is 10.1. The Morgan fingerprint density at radius 1 is 1.12 bits per heavy atom. The molecule has 12 heteroatoms. The lowest BCUT2D eigenvalue weighted by Gasteiger charge is -2.34. The van der Waals surface area contributed by atoms with E-state index in [0.29, 0.717) is 41.6 Å². The maximum Gasteiger partial charge on any atom is 0.274 e. The van der Waals surface area contributed by atoms with Crippen LogP contribution in [0.4, 0.5) is 5.82 Å². The fraction of sp³-hybridized carbons (Fsp3) is 0.355. The number of ketones is 1. The van der Waals surface area contributed by atoms with Crippen LogP contribution < -0.4 is 20.8 Å². The van der Waals surface area contributed by atoms with Gasteiger partial charge < -0.3 is 29.8 Å². The average molecular weight is 584 g/mol. The molecule has 12 nitrogen and oxygen atoms in total. The van der Waals surface area contributed by atoms with E-state index in [0.717, 1.165) is 24.1 Å². The SMILES string of the molecule is CC(C)N1CCn2c(NCC(=O)CNC(=O)c3c[nH]c4ncc(C5CC5)nc34)cc(=O)c(OCc3ccccc3)c2C1=O. The topological polar surface area (TPSA) is 151 Å². The van der Waals surface area contributed by atoms with Crippen LogP contribution in [-0.2, 0) is 17.9 Å². The summed E-state index contributed by atoms with van der Waals surface area (Å²) in [6.07, 6.45) is 5.40. The van der Waals surface area contributed by atoms with Crippen molar-refractivity contribution < 1.29 is 19.1 Å². The number of benzene rings is 1. The molecule has 222 valence electrons. The van der Waals surface area contributed by atoms with Crippen LogP contribution in [0.2, 0.25) is 0 Å². The Kier molecular flexibility index (Phi) is 7.66. The van der Waals surface area contributed by atoms with Crippen molar-refractivity contribution in [2.45, 2.75) is 51.8 Å². The van der Waals surface area contributed by atoms with Crippen molar-refractivity contribution in [1.82, 2.24) is 29.7 Å². The van der Waals surface area contributed by atoms with Gasteiger partial charge in [0.1, 0.15) is 17.9 Å². The smallest absolute Gasteiger partial charge is 0.274 e. The van der Waals surface area contributed by atoms with Crippen LogP contribution in [0.15, 0.2) is 53.6 Å². The molecule has 0 saturated heterocycles. The van der Waals surface area contributed by atoms with E-state index in [1.807, 2.05) is 44.2 Å². The highest BCUT2D eigenvalue weighted by atomic mass is 16.5. The summed E-state index contributed by atoms with van der Waals surface area (Å²) in [7, 11) is 0. The van der Waals surface area contributed by atoms with Crippen molar-refractivity contribution in [1.29, 1.82) is 0 Å². The molecule has 4 heterocycles. The molecule has 1 fully saturated rings. The molecule has 2 aliphatic rings. The maximum absolute atomic E-state index is 13.5. The van der Waals surface area contributed by atoms with Crippen LogP contribution in [0.25, 0.3) is 11.2 Å². The second-order valence-electron chi connectivity index (χ2n) is 11.1. The minimum absolute atomic E-state index is 0.0185. The summed E-state index contributed by atoms with van der Waals surface area (Å²) in [5.74, 6) is -0.347. The maximum atomic E-state index is 13.5. The van der Waals surface area contributed by atoms with E-state index in [4.69, 9.17) is 4.74 Å². The van der Waals surface area contributed by atoms with Crippen LogP contribution in [0.5, 0.6) is 5.75 Å². The normalized spacial score (nSPS) is 14.6. The molecule has 0 radical (unpaired) electrons. The summed E-state index contributed by atoms with van der Waals surface area (Å²) in [5.41, 5.74) is 2.74. The van der Waals surface area contributed by atoms with Crippen molar-refractivity contribution in [3.05, 3.63) is 81.5 Å². The highest BCUT2D eigenvalue weighted by Crippen LogP contribution is 2.39. The number of amides is 2. The number of hydrogen-bond donors (Lipinski definition) is 3. The first-order chi connectivity index (χ1) is 20.8. The molecule has 2 amide bonds. The first kappa shape index (κ1) is 28.1. The van der Waals surface area contributed by atoms with E-state index in [-0.39, 0.29) is 48.9 Å². The van der Waals surface area contributed by atoms with Gasteiger partial charge in [0.25, 0.3) is 11.8 Å². The zero-order chi connectivity index (χ0) is 30.1. The molecule has 0 bridgehead atoms. The second kappa shape index (κ2) is 11.7. The van der Waals surface area contributed by atoms with Crippen molar-refractivity contribution in [2.24, 2.45) is 0 Å². The minimum atomic E-state index is -0.463. The number of pyridine rings is 1. The summed E-state index contributed by atoms with van der Waals surface area (Å²) >= 11 is 0. The number of fused-ring (bicyclic) bond motifs is 2. The number of carbonyl (C=O) groups excluding carboxylic acids is 3. The number of Topliss-reactive ketones (excluding diaryl/α,β-unsaturated/α-hetero) is 1. The van der Waals surface area contributed by atoms with Gasteiger partial charge in [-0.3, -0.25) is 19.2 Å².